The van der Waals surface area contributed by atoms with Gasteiger partial charge in [-0.05, 0) is 68.0 Å². The van der Waals surface area contributed by atoms with Crippen molar-refractivity contribution in [2.24, 2.45) is 5.92 Å². The van der Waals surface area contributed by atoms with E-state index in [0.717, 1.165) is 18.4 Å². The van der Waals surface area contributed by atoms with E-state index in [1.165, 1.54) is 18.2 Å². The van der Waals surface area contributed by atoms with Gasteiger partial charge in [0.05, 0.1) is 25.4 Å². The molecule has 3 aliphatic rings. The Kier molecular flexibility index (Phi) is 8.37. The molecule has 5 rings (SSSR count). The first-order valence-corrected chi connectivity index (χ1v) is 13.8. The lowest BCUT2D eigenvalue weighted by atomic mass is 9.78. The van der Waals surface area contributed by atoms with Crippen molar-refractivity contribution >= 4 is 17.5 Å². The smallest absolute Gasteiger partial charge is 0.406 e. The van der Waals surface area contributed by atoms with Gasteiger partial charge in [-0.25, -0.2) is 0 Å². The highest BCUT2D eigenvalue weighted by Crippen LogP contribution is 2.44. The molecule has 0 aromatic heterocycles. The van der Waals surface area contributed by atoms with Gasteiger partial charge >= 0.3 is 6.36 Å². The molecular weight excluding hydrogens is 551 g/mol. The lowest BCUT2D eigenvalue weighted by Gasteiger charge is -2.43. The first kappa shape index (κ1) is 29.1. The van der Waals surface area contributed by atoms with Gasteiger partial charge in [0.2, 0.25) is 0 Å². The summed E-state index contributed by atoms with van der Waals surface area (Å²) in [6, 6.07) is 12.8. The van der Waals surface area contributed by atoms with Crippen molar-refractivity contribution < 1.29 is 41.7 Å². The zero-order valence-corrected chi connectivity index (χ0v) is 23.1. The molecule has 2 aliphatic carbocycles. The number of amides is 1. The fraction of sp³-hybridized carbons (Fsp3) is 0.552. The number of benzene rings is 2. The number of carbonyl (C=O) groups excluding carboxylic acids is 1. The SMILES string of the molecule is CC1(C)O[C@H]2[C@H](OCc3cccc(OC(F)(F)F)c3)C[C@](OCc3cccc(Cl)c3)(C(=O)NCC3CC3)C[C@H]2O1. The largest absolute Gasteiger partial charge is 0.573 e. The number of rotatable bonds is 10. The summed E-state index contributed by atoms with van der Waals surface area (Å²) in [5, 5.41) is 3.62. The fourth-order valence-electron chi connectivity index (χ4n) is 5.31. The van der Waals surface area contributed by atoms with E-state index in [1.807, 2.05) is 12.1 Å². The molecule has 2 aromatic carbocycles. The number of ether oxygens (including phenoxy) is 5. The number of halogens is 4. The molecule has 0 bridgehead atoms. The number of alkyl halides is 3. The Labute approximate surface area is 236 Å². The fourth-order valence-corrected chi connectivity index (χ4v) is 5.53. The Morgan fingerprint density at radius 1 is 1.05 bits per heavy atom. The zero-order valence-electron chi connectivity index (χ0n) is 22.3. The molecule has 4 atom stereocenters. The van der Waals surface area contributed by atoms with Crippen LogP contribution in [-0.4, -0.2) is 48.5 Å². The Bertz CT molecular complexity index is 1210. The highest BCUT2D eigenvalue weighted by atomic mass is 35.5. The zero-order chi connectivity index (χ0) is 28.5. The second kappa shape index (κ2) is 11.5. The topological polar surface area (TPSA) is 75.2 Å². The second-order valence-corrected chi connectivity index (χ2v) is 11.6. The first-order valence-electron chi connectivity index (χ1n) is 13.4. The van der Waals surface area contributed by atoms with Crippen LogP contribution in [0.2, 0.25) is 5.02 Å². The van der Waals surface area contributed by atoms with E-state index in [-0.39, 0.29) is 37.7 Å². The molecule has 2 aromatic rings. The molecule has 0 radical (unpaired) electrons. The molecule has 1 aliphatic heterocycles. The average molecular weight is 584 g/mol. The van der Waals surface area contributed by atoms with Crippen LogP contribution in [0.3, 0.4) is 0 Å². The minimum absolute atomic E-state index is 0.0270. The quantitative estimate of drug-likeness (QED) is 0.374. The van der Waals surface area contributed by atoms with E-state index < -0.39 is 36.1 Å². The molecule has 1 N–H and O–H groups in total. The molecule has 1 saturated heterocycles. The van der Waals surface area contributed by atoms with Gasteiger partial charge in [0, 0.05) is 24.4 Å². The summed E-state index contributed by atoms with van der Waals surface area (Å²) in [4.78, 5) is 13.8. The maximum Gasteiger partial charge on any atom is 0.573 e. The molecule has 0 spiro atoms. The molecule has 218 valence electrons. The van der Waals surface area contributed by atoms with Crippen LogP contribution in [-0.2, 0) is 37.0 Å². The molecule has 1 heterocycles. The van der Waals surface area contributed by atoms with E-state index in [1.54, 1.807) is 32.0 Å². The molecular formula is C29H33ClF3NO6. The molecule has 3 fully saturated rings. The van der Waals surface area contributed by atoms with Gasteiger partial charge in [-0.15, -0.1) is 13.2 Å². The number of nitrogens with one attached hydrogen (secondary N) is 1. The standard InChI is InChI=1S/C29H33ClF3NO6/c1-27(2)39-24-14-28(26(35)34-15-18-9-10-18,37-17-19-5-3-7-21(30)11-19)13-23(25(24)40-27)36-16-20-6-4-8-22(12-20)38-29(31,32)33/h3-8,11-12,18,23-25H,9-10,13-17H2,1-2H3,(H,34,35)/t23-,24-,25+,28-/m1/s1. The minimum Gasteiger partial charge on any atom is -0.406 e. The second-order valence-electron chi connectivity index (χ2n) is 11.2. The van der Waals surface area contributed by atoms with E-state index in [2.05, 4.69) is 10.1 Å². The van der Waals surface area contributed by atoms with Crippen LogP contribution in [0.1, 0.15) is 50.7 Å². The number of carbonyl (C=O) groups is 1. The van der Waals surface area contributed by atoms with Crippen LogP contribution in [0.5, 0.6) is 5.75 Å². The van der Waals surface area contributed by atoms with Gasteiger partial charge in [-0.1, -0.05) is 35.9 Å². The van der Waals surface area contributed by atoms with Gasteiger partial charge in [0.1, 0.15) is 11.9 Å². The predicted molar refractivity (Wildman–Crippen MR) is 139 cm³/mol. The van der Waals surface area contributed by atoms with Crippen molar-refractivity contribution in [2.45, 2.75) is 88.8 Å². The van der Waals surface area contributed by atoms with Crippen molar-refractivity contribution in [1.29, 1.82) is 0 Å². The summed E-state index contributed by atoms with van der Waals surface area (Å²) < 4.78 is 67.3. The van der Waals surface area contributed by atoms with Crippen LogP contribution >= 0.6 is 11.6 Å². The Morgan fingerprint density at radius 3 is 2.48 bits per heavy atom. The van der Waals surface area contributed by atoms with E-state index in [9.17, 15) is 18.0 Å². The summed E-state index contributed by atoms with van der Waals surface area (Å²) in [6.45, 7) is 4.27. The summed E-state index contributed by atoms with van der Waals surface area (Å²) in [5.74, 6) is -1.03. The van der Waals surface area contributed by atoms with Crippen LogP contribution in [0.25, 0.3) is 0 Å². The monoisotopic (exact) mass is 583 g/mol. The van der Waals surface area contributed by atoms with Crippen LogP contribution in [0.4, 0.5) is 13.2 Å². The average Bonchev–Trinajstić information content (AvgIpc) is 3.64. The third kappa shape index (κ3) is 7.47. The number of hydrogen-bond acceptors (Lipinski definition) is 6. The summed E-state index contributed by atoms with van der Waals surface area (Å²) in [7, 11) is 0. The van der Waals surface area contributed by atoms with Gasteiger partial charge in [0.15, 0.2) is 11.4 Å². The van der Waals surface area contributed by atoms with E-state index >= 15 is 0 Å². The van der Waals surface area contributed by atoms with Gasteiger partial charge in [0.25, 0.3) is 5.91 Å². The summed E-state index contributed by atoms with van der Waals surface area (Å²) in [5.41, 5.74) is 0.00572. The van der Waals surface area contributed by atoms with Crippen LogP contribution in [0.15, 0.2) is 48.5 Å². The Morgan fingerprint density at radius 2 is 1.77 bits per heavy atom. The summed E-state index contributed by atoms with van der Waals surface area (Å²) in [6.07, 6.45) is -3.85. The Hall–Kier alpha value is -2.37. The van der Waals surface area contributed by atoms with Crippen molar-refractivity contribution in [2.75, 3.05) is 6.54 Å². The van der Waals surface area contributed by atoms with Gasteiger partial charge in [-0.2, -0.15) is 0 Å². The third-order valence-electron chi connectivity index (χ3n) is 7.31. The molecule has 0 unspecified atom stereocenters. The normalized spacial score (nSPS) is 27.7. The number of fused-ring (bicyclic) bond motifs is 1. The number of hydrogen-bond donors (Lipinski definition) is 1. The van der Waals surface area contributed by atoms with Crippen molar-refractivity contribution in [3.63, 3.8) is 0 Å². The van der Waals surface area contributed by atoms with Crippen molar-refractivity contribution in [3.05, 3.63) is 64.7 Å². The highest BCUT2D eigenvalue weighted by molar-refractivity contribution is 6.30. The predicted octanol–water partition coefficient (Wildman–Crippen LogP) is 5.92. The molecule has 2 saturated carbocycles. The molecule has 40 heavy (non-hydrogen) atoms. The lowest BCUT2D eigenvalue weighted by Crippen LogP contribution is -2.60. The maximum atomic E-state index is 13.8. The minimum atomic E-state index is -4.80. The van der Waals surface area contributed by atoms with E-state index in [0.29, 0.717) is 23.0 Å². The van der Waals surface area contributed by atoms with Gasteiger partial charge < -0.3 is 29.0 Å². The molecule has 7 nitrogen and oxygen atoms in total. The van der Waals surface area contributed by atoms with Crippen molar-refractivity contribution in [1.82, 2.24) is 5.32 Å². The maximum absolute atomic E-state index is 13.8. The third-order valence-corrected chi connectivity index (χ3v) is 7.55. The van der Waals surface area contributed by atoms with Crippen LogP contribution < -0.4 is 10.1 Å². The highest BCUT2D eigenvalue weighted by Gasteiger charge is 2.58. The summed E-state index contributed by atoms with van der Waals surface area (Å²) >= 11 is 6.17. The first-order chi connectivity index (χ1) is 18.9. The van der Waals surface area contributed by atoms with Crippen molar-refractivity contribution in [3.8, 4) is 5.75 Å². The van der Waals surface area contributed by atoms with E-state index in [4.69, 9.17) is 30.5 Å². The lowest BCUT2D eigenvalue weighted by molar-refractivity contribution is -0.274. The molecule has 1 amide bonds. The van der Waals surface area contributed by atoms with Crippen LogP contribution in [0, 0.1) is 5.92 Å². The Balaban J connectivity index is 1.37. The van der Waals surface area contributed by atoms with Gasteiger partial charge in [-0.3, -0.25) is 4.79 Å². The molecule has 11 heteroatoms.